The second kappa shape index (κ2) is 6.33. The van der Waals surface area contributed by atoms with Gasteiger partial charge in [0.15, 0.2) is 0 Å². The Labute approximate surface area is 128 Å². The molecule has 4 nitrogen and oxygen atoms in total. The molecule has 1 aromatic carbocycles. The number of hydrogen-bond acceptors (Lipinski definition) is 3. The topological polar surface area (TPSA) is 62.3 Å². The normalized spacial score (nSPS) is 12.2. The van der Waals surface area contributed by atoms with E-state index in [9.17, 15) is 9.90 Å². The minimum absolute atomic E-state index is 0.154. The average molecular weight is 308 g/mol. The number of hydrogen-bond donors (Lipinski definition) is 2. The fourth-order valence-electron chi connectivity index (χ4n) is 2.44. The monoisotopic (exact) mass is 307 g/mol. The third-order valence-electron chi connectivity index (χ3n) is 3.38. The highest BCUT2D eigenvalue weighted by Crippen LogP contribution is 2.25. The van der Waals surface area contributed by atoms with Gasteiger partial charge in [-0.05, 0) is 44.0 Å². The summed E-state index contributed by atoms with van der Waals surface area (Å²) in [6.07, 6.45) is -0.629. The molecule has 2 N–H and O–H groups in total. The molecular weight excluding hydrogens is 290 g/mol. The van der Waals surface area contributed by atoms with Crippen LogP contribution in [0.5, 0.6) is 0 Å². The maximum absolute atomic E-state index is 12.1. The Morgan fingerprint density at radius 3 is 2.71 bits per heavy atom. The minimum atomic E-state index is -0.629. The Morgan fingerprint density at radius 1 is 1.43 bits per heavy atom. The Kier molecular flexibility index (Phi) is 4.70. The van der Waals surface area contributed by atoms with Crippen LogP contribution in [0.2, 0.25) is 5.02 Å². The third-order valence-corrected chi connectivity index (χ3v) is 3.61. The van der Waals surface area contributed by atoms with Crippen LogP contribution in [-0.2, 0) is 11.3 Å². The molecule has 0 fully saturated rings. The van der Waals surface area contributed by atoms with Gasteiger partial charge in [0.25, 0.3) is 0 Å². The van der Waals surface area contributed by atoms with Crippen molar-refractivity contribution in [3.05, 3.63) is 57.4 Å². The number of carbonyl (C=O) groups excluding carboxylic acids is 1. The van der Waals surface area contributed by atoms with Gasteiger partial charge in [0.05, 0.1) is 6.10 Å². The van der Waals surface area contributed by atoms with Crippen LogP contribution in [0.15, 0.2) is 24.3 Å². The summed E-state index contributed by atoms with van der Waals surface area (Å²) in [6, 6.07) is 7.16. The zero-order valence-corrected chi connectivity index (χ0v) is 13.0. The minimum Gasteiger partial charge on any atom is -0.456 e. The van der Waals surface area contributed by atoms with E-state index in [0.29, 0.717) is 10.7 Å². The summed E-state index contributed by atoms with van der Waals surface area (Å²) in [5.41, 5.74) is 3.44. The Balaban J connectivity index is 2.12. The van der Waals surface area contributed by atoms with Gasteiger partial charge < -0.3 is 14.8 Å². The number of ether oxygens (including phenoxy) is 1. The summed E-state index contributed by atoms with van der Waals surface area (Å²) in [5, 5.41) is 10.3. The lowest BCUT2D eigenvalue weighted by Gasteiger charge is -2.06. The maximum atomic E-state index is 12.1. The van der Waals surface area contributed by atoms with Crippen LogP contribution in [0.25, 0.3) is 0 Å². The first-order valence-electron chi connectivity index (χ1n) is 6.69. The van der Waals surface area contributed by atoms with Crippen molar-refractivity contribution in [3.8, 4) is 0 Å². The first-order chi connectivity index (χ1) is 9.90. The van der Waals surface area contributed by atoms with Crippen LogP contribution in [0.4, 0.5) is 0 Å². The zero-order valence-electron chi connectivity index (χ0n) is 12.2. The number of nitrogens with one attached hydrogen (secondary N) is 1. The lowest BCUT2D eigenvalue weighted by Crippen LogP contribution is -2.07. The molecule has 2 aromatic rings. The van der Waals surface area contributed by atoms with Crippen LogP contribution in [-0.4, -0.2) is 16.1 Å². The van der Waals surface area contributed by atoms with Gasteiger partial charge in [-0.25, -0.2) is 4.79 Å². The number of aromatic nitrogens is 1. The fraction of sp³-hybridized carbons (Fsp3) is 0.312. The lowest BCUT2D eigenvalue weighted by molar-refractivity contribution is 0.0465. The number of aromatic amines is 1. The Bertz CT molecular complexity index is 662. The summed E-state index contributed by atoms with van der Waals surface area (Å²) < 4.78 is 5.29. The molecule has 1 atom stereocenters. The molecule has 0 amide bonds. The van der Waals surface area contributed by atoms with E-state index in [2.05, 4.69) is 4.98 Å². The van der Waals surface area contributed by atoms with Gasteiger partial charge in [-0.3, -0.25) is 0 Å². The van der Waals surface area contributed by atoms with Crippen LogP contribution in [0, 0.1) is 13.8 Å². The molecular formula is C16H18ClNO3. The van der Waals surface area contributed by atoms with Crippen molar-refractivity contribution < 1.29 is 14.6 Å². The number of carbonyl (C=O) groups is 1. The molecule has 2 rings (SSSR count). The van der Waals surface area contributed by atoms with Crippen molar-refractivity contribution in [2.24, 2.45) is 0 Å². The molecule has 21 heavy (non-hydrogen) atoms. The second-order valence-electron chi connectivity index (χ2n) is 5.05. The number of halogens is 1. The highest BCUT2D eigenvalue weighted by molar-refractivity contribution is 6.30. The SMILES string of the molecule is Cc1[nH]c(C(=O)OCc2cccc(Cl)c2)c(C)c1[C@@H](C)O. The van der Waals surface area contributed by atoms with E-state index in [1.54, 1.807) is 32.0 Å². The fourth-order valence-corrected chi connectivity index (χ4v) is 2.66. The molecule has 0 spiro atoms. The molecule has 1 aromatic heterocycles. The number of rotatable bonds is 4. The van der Waals surface area contributed by atoms with Gasteiger partial charge in [0, 0.05) is 16.3 Å². The lowest BCUT2D eigenvalue weighted by atomic mass is 10.1. The number of esters is 1. The molecule has 112 valence electrons. The quantitative estimate of drug-likeness (QED) is 0.847. The van der Waals surface area contributed by atoms with E-state index in [-0.39, 0.29) is 6.61 Å². The maximum Gasteiger partial charge on any atom is 0.355 e. The molecule has 5 heteroatoms. The van der Waals surface area contributed by atoms with Gasteiger partial charge >= 0.3 is 5.97 Å². The van der Waals surface area contributed by atoms with Crippen LogP contribution >= 0.6 is 11.6 Å². The number of aliphatic hydroxyl groups is 1. The predicted octanol–water partition coefficient (Wildman–Crippen LogP) is 3.70. The van der Waals surface area contributed by atoms with Crippen molar-refractivity contribution in [3.63, 3.8) is 0 Å². The Hall–Kier alpha value is -1.78. The van der Waals surface area contributed by atoms with Gasteiger partial charge in [-0.2, -0.15) is 0 Å². The summed E-state index contributed by atoms with van der Waals surface area (Å²) >= 11 is 5.89. The predicted molar refractivity (Wildman–Crippen MR) is 81.5 cm³/mol. The molecule has 0 aliphatic heterocycles. The largest absolute Gasteiger partial charge is 0.456 e. The standard InChI is InChI=1S/C16H18ClNO3/c1-9-14(11(3)19)10(2)18-15(9)16(20)21-8-12-5-4-6-13(17)7-12/h4-7,11,18-19H,8H2,1-3H3/t11-/m1/s1. The van der Waals surface area contributed by atoms with Gasteiger partial charge in [0.2, 0.25) is 0 Å². The first-order valence-corrected chi connectivity index (χ1v) is 7.06. The highest BCUT2D eigenvalue weighted by atomic mass is 35.5. The van der Waals surface area contributed by atoms with Crippen LogP contribution in [0.3, 0.4) is 0 Å². The first kappa shape index (κ1) is 15.6. The second-order valence-corrected chi connectivity index (χ2v) is 5.48. The summed E-state index contributed by atoms with van der Waals surface area (Å²) in [5.74, 6) is -0.442. The van der Waals surface area contributed by atoms with E-state index >= 15 is 0 Å². The number of aryl methyl sites for hydroxylation is 1. The Morgan fingerprint density at radius 2 is 2.14 bits per heavy atom. The van der Waals surface area contributed by atoms with Gasteiger partial charge in [0.1, 0.15) is 12.3 Å². The average Bonchev–Trinajstić information content (AvgIpc) is 2.71. The molecule has 0 bridgehead atoms. The van der Waals surface area contributed by atoms with E-state index < -0.39 is 12.1 Å². The van der Waals surface area contributed by atoms with Crippen molar-refractivity contribution in [2.45, 2.75) is 33.5 Å². The van der Waals surface area contributed by atoms with E-state index in [1.165, 1.54) is 0 Å². The smallest absolute Gasteiger partial charge is 0.355 e. The zero-order chi connectivity index (χ0) is 15.6. The molecule has 0 saturated heterocycles. The molecule has 0 aliphatic carbocycles. The van der Waals surface area contributed by atoms with Crippen molar-refractivity contribution in [1.82, 2.24) is 4.98 Å². The highest BCUT2D eigenvalue weighted by Gasteiger charge is 2.20. The number of H-pyrrole nitrogens is 1. The van der Waals surface area contributed by atoms with E-state index in [1.807, 2.05) is 13.0 Å². The molecule has 0 unspecified atom stereocenters. The number of aliphatic hydroxyl groups excluding tert-OH is 1. The summed E-state index contributed by atoms with van der Waals surface area (Å²) in [6.45, 7) is 5.44. The molecule has 0 aliphatic rings. The van der Waals surface area contributed by atoms with Gasteiger partial charge in [-0.1, -0.05) is 23.7 Å². The summed E-state index contributed by atoms with van der Waals surface area (Å²) in [7, 11) is 0. The van der Waals surface area contributed by atoms with Crippen LogP contribution < -0.4 is 0 Å². The summed E-state index contributed by atoms with van der Waals surface area (Å²) in [4.78, 5) is 15.1. The van der Waals surface area contributed by atoms with E-state index in [0.717, 1.165) is 22.4 Å². The third kappa shape index (κ3) is 3.46. The van der Waals surface area contributed by atoms with E-state index in [4.69, 9.17) is 16.3 Å². The number of benzene rings is 1. The van der Waals surface area contributed by atoms with Crippen LogP contribution in [0.1, 0.15) is 45.9 Å². The molecule has 0 saturated carbocycles. The van der Waals surface area contributed by atoms with Crippen molar-refractivity contribution in [2.75, 3.05) is 0 Å². The van der Waals surface area contributed by atoms with Gasteiger partial charge in [-0.15, -0.1) is 0 Å². The van der Waals surface area contributed by atoms with Crippen molar-refractivity contribution >= 4 is 17.6 Å². The molecule has 1 heterocycles. The van der Waals surface area contributed by atoms with Crippen molar-refractivity contribution in [1.29, 1.82) is 0 Å². The molecule has 0 radical (unpaired) electrons.